The number of hydrogen-bond acceptors (Lipinski definition) is 9. The second-order valence-electron chi connectivity index (χ2n) is 7.53. The highest BCUT2D eigenvalue weighted by molar-refractivity contribution is 7.17. The lowest BCUT2D eigenvalue weighted by molar-refractivity contribution is -0.156. The summed E-state index contributed by atoms with van der Waals surface area (Å²) in [6, 6.07) is 7.39. The van der Waals surface area contributed by atoms with Gasteiger partial charge in [-0.3, -0.25) is 9.63 Å². The minimum Gasteiger partial charge on any atom is -0.354 e. The van der Waals surface area contributed by atoms with Gasteiger partial charge in [0.25, 0.3) is 5.91 Å². The number of nitrogens with zero attached hydrogens (tertiary/aromatic N) is 5. The number of piperazine rings is 1. The number of rotatable bonds is 7. The van der Waals surface area contributed by atoms with Crippen molar-refractivity contribution in [1.29, 1.82) is 0 Å². The van der Waals surface area contributed by atoms with Crippen molar-refractivity contribution in [3.05, 3.63) is 51.7 Å². The first kappa shape index (κ1) is 23.4. The molecule has 1 aliphatic heterocycles. The lowest BCUT2D eigenvalue weighted by atomic mass is 10.2. The molecule has 0 unspecified atom stereocenters. The second-order valence-corrected chi connectivity index (χ2v) is 8.97. The largest absolute Gasteiger partial charge is 0.354 e. The molecule has 2 aromatic heterocycles. The van der Waals surface area contributed by atoms with E-state index in [-0.39, 0.29) is 5.91 Å². The summed E-state index contributed by atoms with van der Waals surface area (Å²) in [5, 5.41) is 9.12. The number of carbonyl (C=O) groups excluding carboxylic acids is 1. The Morgan fingerprint density at radius 2 is 2.00 bits per heavy atom. The number of aryl methyl sites for hydroxylation is 2. The minimum absolute atomic E-state index is 0.261. The molecule has 1 aliphatic rings. The van der Waals surface area contributed by atoms with E-state index in [0.717, 1.165) is 37.6 Å². The summed E-state index contributed by atoms with van der Waals surface area (Å²) >= 11 is 7.47. The third-order valence-corrected chi connectivity index (χ3v) is 6.35. The van der Waals surface area contributed by atoms with E-state index in [1.165, 1.54) is 17.5 Å². The molecular formula is C22H26ClN7O2S. The number of anilines is 4. The second kappa shape index (κ2) is 10.4. The highest BCUT2D eigenvalue weighted by atomic mass is 35.5. The van der Waals surface area contributed by atoms with Crippen LogP contribution in [0.15, 0.2) is 30.5 Å². The van der Waals surface area contributed by atoms with Crippen molar-refractivity contribution in [3.8, 4) is 0 Å². The van der Waals surface area contributed by atoms with E-state index in [2.05, 4.69) is 30.5 Å². The minimum atomic E-state index is -0.261. The normalized spacial score (nSPS) is 14.4. The van der Waals surface area contributed by atoms with Crippen LogP contribution in [-0.2, 0) is 4.84 Å². The van der Waals surface area contributed by atoms with Gasteiger partial charge in [-0.05, 0) is 32.4 Å². The lowest BCUT2D eigenvalue weighted by Crippen LogP contribution is -2.46. The van der Waals surface area contributed by atoms with Gasteiger partial charge < -0.3 is 15.5 Å². The summed E-state index contributed by atoms with van der Waals surface area (Å²) in [7, 11) is 0. The quantitative estimate of drug-likeness (QED) is 0.510. The Balaban J connectivity index is 1.43. The summed E-state index contributed by atoms with van der Waals surface area (Å²) in [6.45, 7) is 9.68. The maximum absolute atomic E-state index is 12.7. The van der Waals surface area contributed by atoms with Crippen LogP contribution < -0.4 is 15.5 Å². The number of nitrogens with one attached hydrogen (secondary N) is 2. The number of benzene rings is 1. The van der Waals surface area contributed by atoms with Gasteiger partial charge in [-0.15, -0.1) is 0 Å². The third-order valence-electron chi connectivity index (χ3n) is 5.12. The molecule has 33 heavy (non-hydrogen) atoms. The Morgan fingerprint density at radius 1 is 1.21 bits per heavy atom. The molecule has 0 bridgehead atoms. The van der Waals surface area contributed by atoms with Gasteiger partial charge in [0.1, 0.15) is 22.3 Å². The molecule has 3 aromatic rings. The van der Waals surface area contributed by atoms with E-state index in [1.807, 2.05) is 44.0 Å². The fourth-order valence-corrected chi connectivity index (χ4v) is 4.51. The summed E-state index contributed by atoms with van der Waals surface area (Å²) in [6.07, 6.45) is 1.54. The van der Waals surface area contributed by atoms with Crippen LogP contribution >= 0.6 is 22.9 Å². The Hall–Kier alpha value is -2.79. The Morgan fingerprint density at radius 3 is 2.73 bits per heavy atom. The summed E-state index contributed by atoms with van der Waals surface area (Å²) in [5.41, 5.74) is 1.50. The van der Waals surface area contributed by atoms with E-state index in [4.69, 9.17) is 16.4 Å². The van der Waals surface area contributed by atoms with Crippen LogP contribution in [0.5, 0.6) is 0 Å². The molecule has 2 N–H and O–H groups in total. The van der Waals surface area contributed by atoms with Gasteiger partial charge >= 0.3 is 0 Å². The molecule has 11 heteroatoms. The Labute approximate surface area is 201 Å². The topological polar surface area (TPSA) is 95.5 Å². The van der Waals surface area contributed by atoms with Gasteiger partial charge in [0.05, 0.1) is 23.5 Å². The van der Waals surface area contributed by atoms with Gasteiger partial charge in [0.15, 0.2) is 5.13 Å². The third kappa shape index (κ3) is 5.77. The van der Waals surface area contributed by atoms with Crippen molar-refractivity contribution in [2.75, 3.05) is 48.3 Å². The number of hydrogen-bond donors (Lipinski definition) is 2. The van der Waals surface area contributed by atoms with E-state index in [0.29, 0.717) is 39.0 Å². The van der Waals surface area contributed by atoms with Crippen LogP contribution in [-0.4, -0.2) is 58.7 Å². The van der Waals surface area contributed by atoms with Crippen molar-refractivity contribution in [3.63, 3.8) is 0 Å². The molecular weight excluding hydrogens is 462 g/mol. The van der Waals surface area contributed by atoms with Gasteiger partial charge in [-0.1, -0.05) is 35.1 Å². The van der Waals surface area contributed by atoms with E-state index >= 15 is 0 Å². The first-order valence-electron chi connectivity index (χ1n) is 10.7. The van der Waals surface area contributed by atoms with Crippen LogP contribution in [0.4, 0.5) is 22.5 Å². The van der Waals surface area contributed by atoms with Crippen LogP contribution in [0.25, 0.3) is 0 Å². The number of thiazole rings is 1. The number of hydroxylamine groups is 2. The Kier molecular flexibility index (Phi) is 7.39. The molecule has 4 rings (SSSR count). The van der Waals surface area contributed by atoms with Crippen LogP contribution in [0.1, 0.15) is 28.0 Å². The fourth-order valence-electron chi connectivity index (χ4n) is 3.52. The predicted octanol–water partition coefficient (Wildman–Crippen LogP) is 4.27. The van der Waals surface area contributed by atoms with Crippen molar-refractivity contribution in [2.24, 2.45) is 0 Å². The molecule has 9 nitrogen and oxygen atoms in total. The molecule has 1 saturated heterocycles. The van der Waals surface area contributed by atoms with Crippen molar-refractivity contribution in [1.82, 2.24) is 20.0 Å². The van der Waals surface area contributed by atoms with Gasteiger partial charge in [0.2, 0.25) is 0 Å². The molecule has 3 heterocycles. The molecule has 0 atom stereocenters. The van der Waals surface area contributed by atoms with Crippen LogP contribution in [0, 0.1) is 13.8 Å². The smallest absolute Gasteiger partial charge is 0.267 e. The maximum Gasteiger partial charge on any atom is 0.267 e. The fraction of sp³-hybridized carbons (Fsp3) is 0.364. The number of amides is 1. The average Bonchev–Trinajstić information content (AvgIpc) is 3.25. The van der Waals surface area contributed by atoms with Gasteiger partial charge in [-0.2, -0.15) is 5.06 Å². The van der Waals surface area contributed by atoms with E-state index < -0.39 is 0 Å². The van der Waals surface area contributed by atoms with E-state index in [1.54, 1.807) is 6.07 Å². The lowest BCUT2D eigenvalue weighted by Gasteiger charge is -2.34. The average molecular weight is 488 g/mol. The number of halogens is 1. The van der Waals surface area contributed by atoms with Crippen molar-refractivity contribution < 1.29 is 9.63 Å². The number of carbonyl (C=O) groups is 1. The van der Waals surface area contributed by atoms with Crippen LogP contribution in [0.2, 0.25) is 5.02 Å². The zero-order valence-electron chi connectivity index (χ0n) is 18.8. The molecule has 0 saturated carbocycles. The highest BCUT2D eigenvalue weighted by Gasteiger charge is 2.20. The highest BCUT2D eigenvalue weighted by Crippen LogP contribution is 2.28. The summed E-state index contributed by atoms with van der Waals surface area (Å²) < 4.78 is 0. The molecule has 1 amide bonds. The van der Waals surface area contributed by atoms with Crippen molar-refractivity contribution >= 4 is 51.3 Å². The molecule has 0 spiro atoms. The monoisotopic (exact) mass is 487 g/mol. The van der Waals surface area contributed by atoms with Gasteiger partial charge in [-0.25, -0.2) is 15.0 Å². The van der Waals surface area contributed by atoms with E-state index in [9.17, 15) is 4.79 Å². The SMILES string of the molecule is CCON1CCN(c2cc(Nc3ncc(C(=O)Nc4c(C)cccc4Cl)s3)nc(C)n2)CC1. The van der Waals surface area contributed by atoms with Gasteiger partial charge in [0, 0.05) is 32.2 Å². The summed E-state index contributed by atoms with van der Waals surface area (Å²) in [4.78, 5) is 34.4. The zero-order valence-corrected chi connectivity index (χ0v) is 20.3. The van der Waals surface area contributed by atoms with Crippen LogP contribution in [0.3, 0.4) is 0 Å². The zero-order chi connectivity index (χ0) is 23.4. The predicted molar refractivity (Wildman–Crippen MR) is 132 cm³/mol. The first-order chi connectivity index (χ1) is 15.9. The summed E-state index contributed by atoms with van der Waals surface area (Å²) in [5.74, 6) is 1.88. The molecule has 1 fully saturated rings. The first-order valence-corrected chi connectivity index (χ1v) is 11.9. The molecule has 1 aromatic carbocycles. The number of aromatic nitrogens is 3. The molecule has 174 valence electrons. The number of para-hydroxylation sites is 1. The standard InChI is InChI=1S/C22H26ClN7O2S/c1-4-32-30-10-8-29(9-11-30)19-12-18(25-15(3)26-19)27-22-24-13-17(33-22)21(31)28-20-14(2)6-5-7-16(20)23/h5-7,12-13H,4,8-11H2,1-3H3,(H,28,31)(H,24,25,26,27). The van der Waals surface area contributed by atoms with Crippen molar-refractivity contribution in [2.45, 2.75) is 20.8 Å². The molecule has 0 radical (unpaired) electrons. The molecule has 0 aliphatic carbocycles. The maximum atomic E-state index is 12.7. The Bertz CT molecular complexity index is 1110.